The summed E-state index contributed by atoms with van der Waals surface area (Å²) in [7, 11) is 0. The summed E-state index contributed by atoms with van der Waals surface area (Å²) in [5.41, 5.74) is 3.88. The summed E-state index contributed by atoms with van der Waals surface area (Å²) in [5.74, 6) is 0.327. The molecule has 0 aliphatic heterocycles. The first-order valence-corrected chi connectivity index (χ1v) is 11.7. The Labute approximate surface area is 204 Å². The van der Waals surface area contributed by atoms with E-state index in [1.54, 1.807) is 6.07 Å². The average molecular weight is 462 g/mol. The van der Waals surface area contributed by atoms with Crippen LogP contribution in [-0.4, -0.2) is 20.6 Å². The summed E-state index contributed by atoms with van der Waals surface area (Å²) in [6.07, 6.45) is 0. The van der Waals surface area contributed by atoms with Crippen LogP contribution in [0.3, 0.4) is 0 Å². The third-order valence-electron chi connectivity index (χ3n) is 6.31. The summed E-state index contributed by atoms with van der Waals surface area (Å²) >= 11 is 0. The van der Waals surface area contributed by atoms with Gasteiger partial charge in [-0.1, -0.05) is 72.8 Å². The number of nitrogens with zero attached hydrogens (tertiary/aromatic N) is 2. The molecule has 0 saturated heterocycles. The number of carbonyl (C=O) groups is 1. The molecular formula is C30H27N3O2. The quantitative estimate of drug-likeness (QED) is 0.331. The van der Waals surface area contributed by atoms with Crippen LogP contribution in [0, 0.1) is 6.92 Å². The third kappa shape index (κ3) is 4.11. The third-order valence-corrected chi connectivity index (χ3v) is 6.31. The molecule has 174 valence electrons. The molecule has 0 aliphatic carbocycles. The molecule has 0 bridgehead atoms. The van der Waals surface area contributed by atoms with E-state index in [1.165, 1.54) is 0 Å². The van der Waals surface area contributed by atoms with Crippen LogP contribution in [0.15, 0.2) is 103 Å². The van der Waals surface area contributed by atoms with Crippen molar-refractivity contribution in [3.05, 3.63) is 131 Å². The van der Waals surface area contributed by atoms with E-state index in [4.69, 9.17) is 4.98 Å². The number of aliphatic hydroxyl groups is 1. The first-order valence-electron chi connectivity index (χ1n) is 11.7. The van der Waals surface area contributed by atoms with Crippen LogP contribution in [0.5, 0.6) is 0 Å². The second kappa shape index (κ2) is 9.20. The van der Waals surface area contributed by atoms with Gasteiger partial charge in [0.05, 0.1) is 11.0 Å². The summed E-state index contributed by atoms with van der Waals surface area (Å²) in [6.45, 7) is 4.58. The zero-order valence-corrected chi connectivity index (χ0v) is 19.8. The summed E-state index contributed by atoms with van der Waals surface area (Å²) in [4.78, 5) is 17.9. The monoisotopic (exact) mass is 461 g/mol. The van der Waals surface area contributed by atoms with Crippen molar-refractivity contribution < 1.29 is 9.90 Å². The summed E-state index contributed by atoms with van der Waals surface area (Å²) in [6, 6.07) is 32.3. The number of amides is 1. The fourth-order valence-electron chi connectivity index (χ4n) is 4.57. The van der Waals surface area contributed by atoms with Gasteiger partial charge in [0, 0.05) is 17.8 Å². The first kappa shape index (κ1) is 22.6. The van der Waals surface area contributed by atoms with E-state index in [0.29, 0.717) is 17.9 Å². The van der Waals surface area contributed by atoms with Gasteiger partial charge in [-0.25, -0.2) is 4.98 Å². The van der Waals surface area contributed by atoms with E-state index in [0.717, 1.165) is 33.4 Å². The fraction of sp³-hybridized carbons (Fsp3) is 0.133. The van der Waals surface area contributed by atoms with Gasteiger partial charge < -0.3 is 15.0 Å². The van der Waals surface area contributed by atoms with Crippen molar-refractivity contribution in [3.8, 4) is 0 Å². The lowest BCUT2D eigenvalue weighted by molar-refractivity contribution is 0.102. The molecule has 4 aromatic carbocycles. The Morgan fingerprint density at radius 1 is 0.886 bits per heavy atom. The van der Waals surface area contributed by atoms with E-state index >= 15 is 0 Å². The highest BCUT2D eigenvalue weighted by atomic mass is 16.3. The number of rotatable bonds is 6. The van der Waals surface area contributed by atoms with E-state index in [-0.39, 0.29) is 5.91 Å². The second-order valence-corrected chi connectivity index (χ2v) is 8.65. The lowest BCUT2D eigenvalue weighted by atomic mass is 9.85. The van der Waals surface area contributed by atoms with E-state index in [2.05, 4.69) is 5.32 Å². The Bertz CT molecular complexity index is 1450. The van der Waals surface area contributed by atoms with Crippen LogP contribution in [0.1, 0.15) is 39.8 Å². The van der Waals surface area contributed by atoms with Crippen molar-refractivity contribution in [3.63, 3.8) is 0 Å². The molecule has 35 heavy (non-hydrogen) atoms. The van der Waals surface area contributed by atoms with Crippen molar-refractivity contribution in [2.45, 2.75) is 26.0 Å². The first-order chi connectivity index (χ1) is 17.0. The number of anilines is 1. The van der Waals surface area contributed by atoms with Crippen LogP contribution in [0.4, 0.5) is 5.69 Å². The second-order valence-electron chi connectivity index (χ2n) is 8.65. The number of imidazole rings is 1. The van der Waals surface area contributed by atoms with E-state index in [1.807, 2.05) is 115 Å². The average Bonchev–Trinajstić information content (AvgIpc) is 3.27. The maximum atomic E-state index is 13.0. The van der Waals surface area contributed by atoms with Crippen LogP contribution >= 0.6 is 0 Å². The van der Waals surface area contributed by atoms with Gasteiger partial charge in [0.1, 0.15) is 0 Å². The molecule has 0 atom stereocenters. The molecule has 0 unspecified atom stereocenters. The minimum absolute atomic E-state index is 0.190. The summed E-state index contributed by atoms with van der Waals surface area (Å²) < 4.78 is 1.98. The van der Waals surface area contributed by atoms with Gasteiger partial charge in [-0.3, -0.25) is 4.79 Å². The van der Waals surface area contributed by atoms with Gasteiger partial charge in [0.2, 0.25) is 0 Å². The number of aryl methyl sites for hydroxylation is 2. The fourth-order valence-corrected chi connectivity index (χ4v) is 4.57. The maximum absolute atomic E-state index is 13.0. The minimum atomic E-state index is -1.46. The lowest BCUT2D eigenvalue weighted by Crippen LogP contribution is -2.32. The molecule has 5 rings (SSSR count). The molecular weight excluding hydrogens is 434 g/mol. The molecule has 1 heterocycles. The number of nitrogens with one attached hydrogen (secondary N) is 1. The van der Waals surface area contributed by atoms with Crippen molar-refractivity contribution in [2.24, 2.45) is 0 Å². The van der Waals surface area contributed by atoms with Gasteiger partial charge in [-0.05, 0) is 60.9 Å². The van der Waals surface area contributed by atoms with Crippen molar-refractivity contribution in [2.75, 3.05) is 5.32 Å². The Balaban J connectivity index is 1.63. The van der Waals surface area contributed by atoms with Crippen LogP contribution in [-0.2, 0) is 12.1 Å². The van der Waals surface area contributed by atoms with Gasteiger partial charge in [-0.15, -0.1) is 0 Å². The highest BCUT2D eigenvalue weighted by molar-refractivity contribution is 6.06. The standard InChI is InChI=1S/C30H27N3O2/c1-3-33-27-20-22(28(34)31-25-16-10-11-21(2)19-25)17-18-26(27)32-29(33)30(35,23-12-6-4-7-13-23)24-14-8-5-9-15-24/h4-20,35H,3H2,1-2H3,(H,31,34). The molecule has 5 aromatic rings. The zero-order chi connectivity index (χ0) is 24.4. The number of hydrogen-bond donors (Lipinski definition) is 2. The van der Waals surface area contributed by atoms with E-state index < -0.39 is 5.60 Å². The minimum Gasteiger partial charge on any atom is -0.373 e. The Morgan fingerprint density at radius 3 is 2.14 bits per heavy atom. The van der Waals surface area contributed by atoms with Crippen molar-refractivity contribution in [1.82, 2.24) is 9.55 Å². The van der Waals surface area contributed by atoms with E-state index in [9.17, 15) is 9.90 Å². The highest BCUT2D eigenvalue weighted by Gasteiger charge is 2.38. The molecule has 1 aromatic heterocycles. The van der Waals surface area contributed by atoms with Crippen LogP contribution < -0.4 is 5.32 Å². The lowest BCUT2D eigenvalue weighted by Gasteiger charge is -2.29. The smallest absolute Gasteiger partial charge is 0.255 e. The van der Waals surface area contributed by atoms with Gasteiger partial charge in [0.15, 0.2) is 11.4 Å². The molecule has 0 fully saturated rings. The number of hydrogen-bond acceptors (Lipinski definition) is 3. The molecule has 5 nitrogen and oxygen atoms in total. The maximum Gasteiger partial charge on any atom is 0.255 e. The predicted molar refractivity (Wildman–Crippen MR) is 140 cm³/mol. The molecule has 1 amide bonds. The topological polar surface area (TPSA) is 67.1 Å². The highest BCUT2D eigenvalue weighted by Crippen LogP contribution is 2.37. The molecule has 0 saturated carbocycles. The molecule has 0 spiro atoms. The summed E-state index contributed by atoms with van der Waals surface area (Å²) in [5, 5.41) is 15.2. The SMILES string of the molecule is CCn1c(C(O)(c2ccccc2)c2ccccc2)nc2ccc(C(=O)Nc3cccc(C)c3)cc21. The van der Waals surface area contributed by atoms with Crippen molar-refractivity contribution in [1.29, 1.82) is 0 Å². The van der Waals surface area contributed by atoms with Gasteiger partial charge >= 0.3 is 0 Å². The Hall–Kier alpha value is -4.22. The zero-order valence-electron chi connectivity index (χ0n) is 19.8. The van der Waals surface area contributed by atoms with Crippen molar-refractivity contribution >= 4 is 22.6 Å². The number of aromatic nitrogens is 2. The number of carbonyl (C=O) groups excluding carboxylic acids is 1. The number of fused-ring (bicyclic) bond motifs is 1. The van der Waals surface area contributed by atoms with Gasteiger partial charge in [0.25, 0.3) is 5.91 Å². The Morgan fingerprint density at radius 2 is 1.54 bits per heavy atom. The molecule has 2 N–H and O–H groups in total. The normalized spacial score (nSPS) is 11.5. The molecule has 5 heteroatoms. The van der Waals surface area contributed by atoms with Crippen LogP contribution in [0.25, 0.3) is 11.0 Å². The Kier molecular flexibility index (Phi) is 5.93. The predicted octanol–water partition coefficient (Wildman–Crippen LogP) is 5.90. The molecule has 0 aliphatic rings. The number of benzene rings is 4. The van der Waals surface area contributed by atoms with Gasteiger partial charge in [-0.2, -0.15) is 0 Å². The van der Waals surface area contributed by atoms with Crippen LogP contribution in [0.2, 0.25) is 0 Å². The molecule has 0 radical (unpaired) electrons. The largest absolute Gasteiger partial charge is 0.373 e.